The first kappa shape index (κ1) is 22.1. The molecule has 0 amide bonds. The van der Waals surface area contributed by atoms with E-state index < -0.39 is 12.4 Å². The second-order valence-electron chi connectivity index (χ2n) is 5.97. The number of nitrogens with zero attached hydrogens (tertiary/aromatic N) is 1. The Morgan fingerprint density at radius 3 is 2.54 bits per heavy atom. The predicted octanol–water partition coefficient (Wildman–Crippen LogP) is 3.54. The van der Waals surface area contributed by atoms with Gasteiger partial charge in [0.15, 0.2) is 5.96 Å². The topological polar surface area (TPSA) is 54.9 Å². The molecule has 1 rings (SSSR count). The van der Waals surface area contributed by atoms with E-state index in [9.17, 15) is 13.2 Å². The third-order valence-electron chi connectivity index (χ3n) is 3.79. The summed E-state index contributed by atoms with van der Waals surface area (Å²) < 4.78 is 48.9. The van der Waals surface area contributed by atoms with Crippen molar-refractivity contribution in [3.63, 3.8) is 0 Å². The minimum atomic E-state index is -3.01. The lowest BCUT2D eigenvalue weighted by Gasteiger charge is -2.21. The van der Waals surface area contributed by atoms with E-state index >= 15 is 0 Å². The average molecular weight is 375 g/mol. The van der Waals surface area contributed by atoms with Crippen LogP contribution in [0.3, 0.4) is 0 Å². The van der Waals surface area contributed by atoms with Gasteiger partial charge in [-0.25, -0.2) is 4.39 Å². The zero-order valence-electron chi connectivity index (χ0n) is 15.7. The van der Waals surface area contributed by atoms with Crippen LogP contribution < -0.4 is 15.4 Å². The lowest BCUT2D eigenvalue weighted by molar-refractivity contribution is -0.0506. The van der Waals surface area contributed by atoms with Gasteiger partial charge in [-0.15, -0.1) is 0 Å². The monoisotopic (exact) mass is 375 g/mol. The number of aliphatic imine (C=N–C) groups is 1. The van der Waals surface area contributed by atoms with Crippen LogP contribution >= 0.6 is 0 Å². The number of ether oxygens (including phenoxy) is 2. The molecule has 0 saturated carbocycles. The Morgan fingerprint density at radius 2 is 1.96 bits per heavy atom. The number of rotatable bonds is 10. The minimum Gasteiger partial charge on any atom is -0.434 e. The standard InChI is InChI=1S/C18H28F3N3O2/c1-5-25-15(12(2)3)9-10-23-18(22-4)24-11-13-14(19)7-6-8-16(13)26-17(20)21/h6-8,12,15,17H,5,9-11H2,1-4H3,(H2,22,23,24). The summed E-state index contributed by atoms with van der Waals surface area (Å²) in [6.07, 6.45) is 0.911. The quantitative estimate of drug-likeness (QED) is 0.485. The normalized spacial score (nSPS) is 13.2. The lowest BCUT2D eigenvalue weighted by atomic mass is 10.0. The molecular formula is C18H28F3N3O2. The molecule has 0 bridgehead atoms. The van der Waals surface area contributed by atoms with E-state index in [-0.39, 0.29) is 24.0 Å². The van der Waals surface area contributed by atoms with E-state index in [0.717, 1.165) is 6.42 Å². The van der Waals surface area contributed by atoms with E-state index in [4.69, 9.17) is 4.74 Å². The highest BCUT2D eigenvalue weighted by molar-refractivity contribution is 5.79. The first-order valence-electron chi connectivity index (χ1n) is 8.67. The lowest BCUT2D eigenvalue weighted by Crippen LogP contribution is -2.39. The van der Waals surface area contributed by atoms with Gasteiger partial charge in [-0.05, 0) is 31.4 Å². The van der Waals surface area contributed by atoms with Gasteiger partial charge in [0, 0.05) is 32.3 Å². The van der Waals surface area contributed by atoms with Crippen LogP contribution in [0.2, 0.25) is 0 Å². The number of halogens is 3. The summed E-state index contributed by atoms with van der Waals surface area (Å²) in [6.45, 7) is 4.35. The fourth-order valence-corrected chi connectivity index (χ4v) is 2.47. The molecule has 0 aliphatic heterocycles. The molecule has 1 atom stereocenters. The van der Waals surface area contributed by atoms with Crippen molar-refractivity contribution in [3.8, 4) is 5.75 Å². The molecule has 1 aromatic carbocycles. The second kappa shape index (κ2) is 11.6. The van der Waals surface area contributed by atoms with Crippen molar-refractivity contribution in [1.29, 1.82) is 0 Å². The van der Waals surface area contributed by atoms with Crippen molar-refractivity contribution in [1.82, 2.24) is 10.6 Å². The van der Waals surface area contributed by atoms with Gasteiger partial charge < -0.3 is 20.1 Å². The van der Waals surface area contributed by atoms with Gasteiger partial charge >= 0.3 is 6.61 Å². The number of alkyl halides is 2. The highest BCUT2D eigenvalue weighted by Crippen LogP contribution is 2.23. The summed E-state index contributed by atoms with van der Waals surface area (Å²) in [7, 11) is 1.58. The van der Waals surface area contributed by atoms with Crippen molar-refractivity contribution in [3.05, 3.63) is 29.6 Å². The molecule has 5 nitrogen and oxygen atoms in total. The van der Waals surface area contributed by atoms with Gasteiger partial charge in [-0.1, -0.05) is 19.9 Å². The minimum absolute atomic E-state index is 0.0186. The van der Waals surface area contributed by atoms with Crippen LogP contribution in [0.5, 0.6) is 5.75 Å². The van der Waals surface area contributed by atoms with Gasteiger partial charge in [0.05, 0.1) is 6.10 Å². The molecule has 0 aliphatic rings. The fraction of sp³-hybridized carbons (Fsp3) is 0.611. The molecule has 0 fully saturated rings. The maximum atomic E-state index is 13.9. The summed E-state index contributed by atoms with van der Waals surface area (Å²) in [5.74, 6) is 0.0101. The molecule has 2 N–H and O–H groups in total. The van der Waals surface area contributed by atoms with Gasteiger partial charge in [0.25, 0.3) is 0 Å². The Morgan fingerprint density at radius 1 is 1.23 bits per heavy atom. The Bertz CT molecular complexity index is 569. The Hall–Kier alpha value is -1.96. The SMILES string of the molecule is CCOC(CCNC(=NC)NCc1c(F)cccc1OC(F)F)C(C)C. The molecule has 0 heterocycles. The van der Waals surface area contributed by atoms with Crippen molar-refractivity contribution in [2.45, 2.75) is 46.5 Å². The van der Waals surface area contributed by atoms with Crippen LogP contribution in [-0.4, -0.2) is 38.9 Å². The second-order valence-corrected chi connectivity index (χ2v) is 5.97. The van der Waals surface area contributed by atoms with E-state index in [0.29, 0.717) is 25.0 Å². The summed E-state index contributed by atoms with van der Waals surface area (Å²) in [5.41, 5.74) is 0.0186. The first-order chi connectivity index (χ1) is 12.4. The van der Waals surface area contributed by atoms with Crippen LogP contribution in [0.15, 0.2) is 23.2 Å². The van der Waals surface area contributed by atoms with Gasteiger partial charge in [0.2, 0.25) is 0 Å². The summed E-state index contributed by atoms with van der Waals surface area (Å²) in [5, 5.41) is 6.02. The smallest absolute Gasteiger partial charge is 0.387 e. The number of guanidine groups is 1. The summed E-state index contributed by atoms with van der Waals surface area (Å²) in [6, 6.07) is 3.82. The molecule has 0 aliphatic carbocycles. The molecule has 0 saturated heterocycles. The van der Waals surface area contributed by atoms with Gasteiger partial charge in [-0.3, -0.25) is 4.99 Å². The van der Waals surface area contributed by atoms with Crippen LogP contribution in [0.4, 0.5) is 13.2 Å². The Balaban J connectivity index is 2.60. The molecule has 0 radical (unpaired) electrons. The first-order valence-corrected chi connectivity index (χ1v) is 8.67. The highest BCUT2D eigenvalue weighted by Gasteiger charge is 2.15. The van der Waals surface area contributed by atoms with E-state index in [1.807, 2.05) is 6.92 Å². The Labute approximate surface area is 153 Å². The zero-order valence-corrected chi connectivity index (χ0v) is 15.7. The van der Waals surface area contributed by atoms with Crippen LogP contribution in [0.1, 0.15) is 32.8 Å². The third-order valence-corrected chi connectivity index (χ3v) is 3.79. The van der Waals surface area contributed by atoms with Crippen molar-refractivity contribution in [2.24, 2.45) is 10.9 Å². The molecular weight excluding hydrogens is 347 g/mol. The number of benzene rings is 1. The molecule has 26 heavy (non-hydrogen) atoms. The van der Waals surface area contributed by atoms with Crippen molar-refractivity contribution >= 4 is 5.96 Å². The Kier molecular flexibility index (Phi) is 9.87. The molecule has 0 aromatic heterocycles. The maximum Gasteiger partial charge on any atom is 0.387 e. The van der Waals surface area contributed by atoms with Gasteiger partial charge in [0.1, 0.15) is 11.6 Å². The summed E-state index contributed by atoms with van der Waals surface area (Å²) >= 11 is 0. The molecule has 8 heteroatoms. The van der Waals surface area contributed by atoms with Crippen LogP contribution in [-0.2, 0) is 11.3 Å². The molecule has 148 valence electrons. The fourth-order valence-electron chi connectivity index (χ4n) is 2.47. The molecule has 0 spiro atoms. The number of nitrogens with one attached hydrogen (secondary N) is 2. The molecule has 1 unspecified atom stereocenters. The maximum absolute atomic E-state index is 13.9. The zero-order chi connectivity index (χ0) is 19.5. The highest BCUT2D eigenvalue weighted by atomic mass is 19.3. The number of hydrogen-bond acceptors (Lipinski definition) is 3. The van der Waals surface area contributed by atoms with Crippen LogP contribution in [0.25, 0.3) is 0 Å². The summed E-state index contributed by atoms with van der Waals surface area (Å²) in [4.78, 5) is 4.05. The average Bonchev–Trinajstić information content (AvgIpc) is 2.58. The van der Waals surface area contributed by atoms with E-state index in [2.05, 4.69) is 34.2 Å². The molecule has 1 aromatic rings. The largest absolute Gasteiger partial charge is 0.434 e. The predicted molar refractivity (Wildman–Crippen MR) is 96.1 cm³/mol. The number of hydrogen-bond donors (Lipinski definition) is 2. The third kappa shape index (κ3) is 7.51. The van der Waals surface area contributed by atoms with Crippen molar-refractivity contribution < 1.29 is 22.6 Å². The van der Waals surface area contributed by atoms with E-state index in [1.54, 1.807) is 7.05 Å². The van der Waals surface area contributed by atoms with Gasteiger partial charge in [-0.2, -0.15) is 8.78 Å². The van der Waals surface area contributed by atoms with E-state index in [1.165, 1.54) is 18.2 Å². The van der Waals surface area contributed by atoms with Crippen LogP contribution in [0, 0.1) is 11.7 Å². The van der Waals surface area contributed by atoms with Crippen molar-refractivity contribution in [2.75, 3.05) is 20.2 Å².